The van der Waals surface area contributed by atoms with Gasteiger partial charge >= 0.3 is 0 Å². The predicted molar refractivity (Wildman–Crippen MR) is 128 cm³/mol. The van der Waals surface area contributed by atoms with Gasteiger partial charge in [0.15, 0.2) is 0 Å². The lowest BCUT2D eigenvalue weighted by atomic mass is 10.1. The number of amidine groups is 1. The second-order valence-electron chi connectivity index (χ2n) is 7.45. The molecule has 1 aromatic heterocycles. The number of aliphatic imine (C=N–C) groups is 1. The standard InChI is InChI=1S/C26H22FN3OS/c27-22-13-11-21(12-14-22)25-28-23(19-7-3-1-4-8-19)26(32-25)29-24(20-9-5-2-6-10-20)30-15-17-31-18-16-30/h1-14H,15-18H2/b29-24-. The van der Waals surface area contributed by atoms with Gasteiger partial charge in [-0.2, -0.15) is 0 Å². The average molecular weight is 444 g/mol. The van der Waals surface area contributed by atoms with Crippen molar-refractivity contribution in [3.05, 3.63) is 96.3 Å². The molecule has 32 heavy (non-hydrogen) atoms. The third-order valence-electron chi connectivity index (χ3n) is 5.30. The van der Waals surface area contributed by atoms with Crippen molar-refractivity contribution in [2.45, 2.75) is 0 Å². The molecular formula is C26H22FN3OS. The van der Waals surface area contributed by atoms with Gasteiger partial charge in [0.1, 0.15) is 27.4 Å². The van der Waals surface area contributed by atoms with Crippen LogP contribution in [-0.2, 0) is 4.74 Å². The molecule has 1 aliphatic rings. The van der Waals surface area contributed by atoms with E-state index in [1.54, 1.807) is 12.1 Å². The van der Waals surface area contributed by atoms with Gasteiger partial charge in [-0.15, -0.1) is 0 Å². The summed E-state index contributed by atoms with van der Waals surface area (Å²) in [5.41, 5.74) is 3.77. The van der Waals surface area contributed by atoms with E-state index in [1.807, 2.05) is 48.5 Å². The van der Waals surface area contributed by atoms with Gasteiger partial charge in [0, 0.05) is 29.8 Å². The Hall–Kier alpha value is -3.35. The van der Waals surface area contributed by atoms with Crippen LogP contribution in [0.2, 0.25) is 0 Å². The van der Waals surface area contributed by atoms with E-state index < -0.39 is 0 Å². The van der Waals surface area contributed by atoms with Crippen molar-refractivity contribution in [3.8, 4) is 21.8 Å². The quantitative estimate of drug-likeness (QED) is 0.286. The number of hydrogen-bond acceptors (Lipinski definition) is 4. The predicted octanol–water partition coefficient (Wildman–Crippen LogP) is 6.03. The number of benzene rings is 3. The fraction of sp³-hybridized carbons (Fsp3) is 0.154. The fourth-order valence-electron chi connectivity index (χ4n) is 3.66. The number of morpholine rings is 1. The van der Waals surface area contributed by atoms with Crippen LogP contribution in [0.3, 0.4) is 0 Å². The molecule has 0 aliphatic carbocycles. The Balaban J connectivity index is 1.65. The SMILES string of the molecule is Fc1ccc(-c2nc(-c3ccccc3)c(/N=C(/c3ccccc3)N3CCOCC3)s2)cc1. The van der Waals surface area contributed by atoms with E-state index in [9.17, 15) is 4.39 Å². The molecule has 5 rings (SSSR count). The molecule has 3 aromatic carbocycles. The number of halogens is 1. The van der Waals surface area contributed by atoms with Gasteiger partial charge < -0.3 is 9.64 Å². The lowest BCUT2D eigenvalue weighted by molar-refractivity contribution is 0.0683. The molecule has 1 saturated heterocycles. The zero-order chi connectivity index (χ0) is 21.8. The van der Waals surface area contributed by atoms with Crippen molar-refractivity contribution >= 4 is 22.2 Å². The van der Waals surface area contributed by atoms with E-state index in [0.29, 0.717) is 13.2 Å². The molecule has 4 aromatic rings. The summed E-state index contributed by atoms with van der Waals surface area (Å²) in [6.45, 7) is 2.94. The first-order valence-electron chi connectivity index (χ1n) is 10.6. The summed E-state index contributed by atoms with van der Waals surface area (Å²) < 4.78 is 19.0. The molecule has 6 heteroatoms. The fourth-order valence-corrected chi connectivity index (χ4v) is 4.63. The lowest BCUT2D eigenvalue weighted by Gasteiger charge is -2.30. The second-order valence-corrected chi connectivity index (χ2v) is 8.42. The number of hydrogen-bond donors (Lipinski definition) is 0. The van der Waals surface area contributed by atoms with Crippen LogP contribution in [-0.4, -0.2) is 42.0 Å². The van der Waals surface area contributed by atoms with E-state index in [0.717, 1.165) is 51.3 Å². The van der Waals surface area contributed by atoms with Gasteiger partial charge in [0.05, 0.1) is 13.2 Å². The summed E-state index contributed by atoms with van der Waals surface area (Å²) in [4.78, 5) is 12.3. The Kier molecular flexibility index (Phi) is 6.05. The second kappa shape index (κ2) is 9.42. The lowest BCUT2D eigenvalue weighted by Crippen LogP contribution is -2.41. The highest BCUT2D eigenvalue weighted by Gasteiger charge is 2.20. The van der Waals surface area contributed by atoms with Crippen molar-refractivity contribution < 1.29 is 9.13 Å². The minimum atomic E-state index is -0.259. The summed E-state index contributed by atoms with van der Waals surface area (Å²) in [7, 11) is 0. The summed E-state index contributed by atoms with van der Waals surface area (Å²) in [6, 6.07) is 26.7. The van der Waals surface area contributed by atoms with E-state index >= 15 is 0 Å². The third-order valence-corrected chi connectivity index (χ3v) is 6.30. The van der Waals surface area contributed by atoms with E-state index in [1.165, 1.54) is 23.5 Å². The van der Waals surface area contributed by atoms with Crippen molar-refractivity contribution in [1.82, 2.24) is 9.88 Å². The molecule has 0 spiro atoms. The van der Waals surface area contributed by atoms with Crippen LogP contribution in [0.1, 0.15) is 5.56 Å². The molecule has 4 nitrogen and oxygen atoms in total. The van der Waals surface area contributed by atoms with Crippen LogP contribution in [0.5, 0.6) is 0 Å². The van der Waals surface area contributed by atoms with Crippen molar-refractivity contribution in [2.75, 3.05) is 26.3 Å². The Bertz CT molecular complexity index is 1200. The van der Waals surface area contributed by atoms with Crippen LogP contribution in [0, 0.1) is 5.82 Å². The molecular weight excluding hydrogens is 421 g/mol. The van der Waals surface area contributed by atoms with Gasteiger partial charge in [0.25, 0.3) is 0 Å². The summed E-state index contributed by atoms with van der Waals surface area (Å²) in [5, 5.41) is 1.65. The zero-order valence-corrected chi connectivity index (χ0v) is 18.3. The first kappa shape index (κ1) is 20.5. The minimum absolute atomic E-state index is 0.259. The maximum atomic E-state index is 13.5. The molecule has 0 saturated carbocycles. The Labute approximate surface area is 190 Å². The van der Waals surface area contributed by atoms with Gasteiger partial charge in [-0.3, -0.25) is 0 Å². The van der Waals surface area contributed by atoms with Gasteiger partial charge in [-0.1, -0.05) is 72.0 Å². The van der Waals surface area contributed by atoms with E-state index in [4.69, 9.17) is 14.7 Å². The molecule has 0 bridgehead atoms. The monoisotopic (exact) mass is 443 g/mol. The van der Waals surface area contributed by atoms with Crippen molar-refractivity contribution in [2.24, 2.45) is 4.99 Å². The summed E-state index contributed by atoms with van der Waals surface area (Å²) in [6.07, 6.45) is 0. The number of ether oxygens (including phenoxy) is 1. The topological polar surface area (TPSA) is 37.7 Å². The highest BCUT2D eigenvalue weighted by atomic mass is 32.1. The first-order valence-corrected chi connectivity index (χ1v) is 11.4. The highest BCUT2D eigenvalue weighted by Crippen LogP contribution is 2.40. The maximum Gasteiger partial charge on any atom is 0.146 e. The number of nitrogens with zero attached hydrogens (tertiary/aromatic N) is 3. The molecule has 1 fully saturated rings. The van der Waals surface area contributed by atoms with Crippen LogP contribution < -0.4 is 0 Å². The van der Waals surface area contributed by atoms with Gasteiger partial charge in [0.2, 0.25) is 0 Å². The number of rotatable bonds is 4. The smallest absolute Gasteiger partial charge is 0.146 e. The molecule has 160 valence electrons. The third kappa shape index (κ3) is 4.47. The molecule has 0 radical (unpaired) electrons. The van der Waals surface area contributed by atoms with Crippen LogP contribution in [0.15, 0.2) is 89.9 Å². The van der Waals surface area contributed by atoms with Crippen LogP contribution in [0.25, 0.3) is 21.8 Å². The molecule has 0 unspecified atom stereocenters. The summed E-state index contributed by atoms with van der Waals surface area (Å²) in [5.74, 6) is 0.658. The molecule has 0 atom stereocenters. The molecule has 0 N–H and O–H groups in total. The first-order chi connectivity index (χ1) is 15.8. The maximum absolute atomic E-state index is 13.5. The van der Waals surface area contributed by atoms with Gasteiger partial charge in [-0.05, 0) is 24.3 Å². The Morgan fingerprint density at radius 1 is 0.844 bits per heavy atom. The van der Waals surface area contributed by atoms with Gasteiger partial charge in [-0.25, -0.2) is 14.4 Å². The Morgan fingerprint density at radius 3 is 2.19 bits per heavy atom. The molecule has 0 amide bonds. The molecule has 1 aliphatic heterocycles. The highest BCUT2D eigenvalue weighted by molar-refractivity contribution is 7.19. The van der Waals surface area contributed by atoms with Crippen LogP contribution in [0.4, 0.5) is 9.39 Å². The average Bonchev–Trinajstić information content (AvgIpc) is 3.28. The normalized spacial score (nSPS) is 14.5. The minimum Gasteiger partial charge on any atom is -0.378 e. The molecule has 2 heterocycles. The van der Waals surface area contributed by atoms with E-state index in [-0.39, 0.29) is 5.82 Å². The Morgan fingerprint density at radius 2 is 1.50 bits per heavy atom. The van der Waals surface area contributed by atoms with Crippen molar-refractivity contribution in [3.63, 3.8) is 0 Å². The van der Waals surface area contributed by atoms with Crippen LogP contribution >= 0.6 is 11.3 Å². The number of thiazole rings is 1. The van der Waals surface area contributed by atoms with E-state index in [2.05, 4.69) is 17.0 Å². The largest absolute Gasteiger partial charge is 0.378 e. The van der Waals surface area contributed by atoms with Crippen molar-refractivity contribution in [1.29, 1.82) is 0 Å². The summed E-state index contributed by atoms with van der Waals surface area (Å²) >= 11 is 1.52. The number of aromatic nitrogens is 1. The zero-order valence-electron chi connectivity index (χ0n) is 17.4.